The van der Waals surface area contributed by atoms with Crippen molar-refractivity contribution in [1.29, 1.82) is 0 Å². The van der Waals surface area contributed by atoms with Crippen LogP contribution in [0.15, 0.2) is 36.8 Å². The van der Waals surface area contributed by atoms with E-state index in [-0.39, 0.29) is 15.8 Å². The zero-order chi connectivity index (χ0) is 19.3. The van der Waals surface area contributed by atoms with Gasteiger partial charge in [-0.1, -0.05) is 12.1 Å². The minimum absolute atomic E-state index is 0.195. The maximum Gasteiger partial charge on any atom is 0.289 e. The molecule has 0 saturated carbocycles. The summed E-state index contributed by atoms with van der Waals surface area (Å²) in [6.07, 6.45) is 0.763. The second-order valence-electron chi connectivity index (χ2n) is 6.30. The number of rotatable bonds is 3. The number of imidazole rings is 1. The lowest BCUT2D eigenvalue weighted by Gasteiger charge is -2.33. The lowest BCUT2D eigenvalue weighted by molar-refractivity contribution is 0.0695. The zero-order valence-electron chi connectivity index (χ0n) is 14.3. The van der Waals surface area contributed by atoms with Gasteiger partial charge >= 0.3 is 0 Å². The van der Waals surface area contributed by atoms with Crippen LogP contribution in [0.25, 0.3) is 10.2 Å². The van der Waals surface area contributed by atoms with E-state index in [9.17, 15) is 13.6 Å². The topological polar surface area (TPSA) is 74.8 Å². The number of amides is 1. The second kappa shape index (κ2) is 6.71. The maximum absolute atomic E-state index is 13.2. The van der Waals surface area contributed by atoms with Crippen LogP contribution in [-0.2, 0) is 6.42 Å². The molecule has 142 valence electrons. The minimum atomic E-state index is -2.69. The van der Waals surface area contributed by atoms with Crippen LogP contribution >= 0.6 is 22.7 Å². The molecular formula is C18H13F2N5OS2. The summed E-state index contributed by atoms with van der Waals surface area (Å²) in [4.78, 5) is 31.0. The summed E-state index contributed by atoms with van der Waals surface area (Å²) < 4.78 is 26.8. The average Bonchev–Trinajstić information content (AvgIpc) is 3.44. The Morgan fingerprint density at radius 3 is 2.89 bits per heavy atom. The molecule has 1 atom stereocenters. The van der Waals surface area contributed by atoms with E-state index in [4.69, 9.17) is 4.98 Å². The van der Waals surface area contributed by atoms with Crippen LogP contribution in [0, 0.1) is 0 Å². The number of aromatic nitrogens is 4. The van der Waals surface area contributed by atoms with E-state index < -0.39 is 12.5 Å². The molecule has 4 heterocycles. The Morgan fingerprint density at radius 2 is 2.11 bits per heavy atom. The molecule has 1 N–H and O–H groups in total. The highest BCUT2D eigenvalue weighted by atomic mass is 32.1. The summed E-state index contributed by atoms with van der Waals surface area (Å²) in [5.74, 6) is -0.331. The van der Waals surface area contributed by atoms with Crippen molar-refractivity contribution >= 4 is 38.8 Å². The third-order valence-corrected chi connectivity index (χ3v) is 6.73. The average molecular weight is 417 g/mol. The monoisotopic (exact) mass is 417 g/mol. The SMILES string of the molecule is O=C(c1cnc(C(F)F)s1)N1CCc2[nH]cnc2[C@H]1c1nc2ccccc2s1. The van der Waals surface area contributed by atoms with E-state index >= 15 is 0 Å². The van der Waals surface area contributed by atoms with Gasteiger partial charge in [0.2, 0.25) is 0 Å². The van der Waals surface area contributed by atoms with Crippen LogP contribution in [-0.4, -0.2) is 37.3 Å². The standard InChI is InChI=1S/C18H13F2N5OS2/c19-15(20)17-21-7-12(28-17)18(26)25-6-5-10-13(23-8-22-10)14(25)16-24-9-3-1-2-4-11(9)27-16/h1-4,7-8,14-15H,5-6H2,(H,22,23)/t14-/m0/s1. The molecule has 1 aliphatic heterocycles. The summed E-state index contributed by atoms with van der Waals surface area (Å²) in [5.41, 5.74) is 2.57. The number of nitrogens with one attached hydrogen (secondary N) is 1. The lowest BCUT2D eigenvalue weighted by atomic mass is 10.0. The largest absolute Gasteiger partial charge is 0.348 e. The van der Waals surface area contributed by atoms with Crippen LogP contribution in [0.2, 0.25) is 0 Å². The number of benzene rings is 1. The van der Waals surface area contributed by atoms with Crippen LogP contribution in [0.3, 0.4) is 0 Å². The molecule has 1 aromatic carbocycles. The first-order valence-electron chi connectivity index (χ1n) is 8.54. The molecule has 28 heavy (non-hydrogen) atoms. The van der Waals surface area contributed by atoms with Crippen molar-refractivity contribution in [3.63, 3.8) is 0 Å². The smallest absolute Gasteiger partial charge is 0.289 e. The van der Waals surface area contributed by atoms with Gasteiger partial charge in [0.05, 0.1) is 28.4 Å². The van der Waals surface area contributed by atoms with Crippen LogP contribution in [0.5, 0.6) is 0 Å². The molecular weight excluding hydrogens is 404 g/mol. The van der Waals surface area contributed by atoms with Gasteiger partial charge in [0.25, 0.3) is 12.3 Å². The highest BCUT2D eigenvalue weighted by molar-refractivity contribution is 7.18. The predicted molar refractivity (Wildman–Crippen MR) is 102 cm³/mol. The molecule has 0 bridgehead atoms. The first kappa shape index (κ1) is 17.4. The first-order chi connectivity index (χ1) is 13.6. The van der Waals surface area contributed by atoms with E-state index in [1.54, 1.807) is 11.2 Å². The number of hydrogen-bond donors (Lipinski definition) is 1. The number of hydrogen-bond acceptors (Lipinski definition) is 6. The van der Waals surface area contributed by atoms with Crippen LogP contribution in [0.1, 0.15) is 43.5 Å². The Hall–Kier alpha value is -2.72. The van der Waals surface area contributed by atoms with Gasteiger partial charge in [-0.15, -0.1) is 22.7 Å². The number of thiazole rings is 2. The number of carbonyl (C=O) groups is 1. The van der Waals surface area contributed by atoms with Crippen molar-refractivity contribution in [1.82, 2.24) is 24.8 Å². The third-order valence-electron chi connectivity index (χ3n) is 4.65. The summed E-state index contributed by atoms with van der Waals surface area (Å²) in [6.45, 7) is 0.441. The molecule has 1 aliphatic rings. The van der Waals surface area contributed by atoms with Gasteiger partial charge in [-0.05, 0) is 12.1 Å². The van der Waals surface area contributed by atoms with E-state index in [1.165, 1.54) is 17.5 Å². The lowest BCUT2D eigenvalue weighted by Crippen LogP contribution is -2.40. The predicted octanol–water partition coefficient (Wildman–Crippen LogP) is 4.20. The van der Waals surface area contributed by atoms with Crippen molar-refractivity contribution in [2.24, 2.45) is 0 Å². The van der Waals surface area contributed by atoms with Gasteiger partial charge in [0, 0.05) is 18.7 Å². The van der Waals surface area contributed by atoms with Crippen molar-refractivity contribution in [3.05, 3.63) is 63.1 Å². The molecule has 0 unspecified atom stereocenters. The van der Waals surface area contributed by atoms with Crippen molar-refractivity contribution in [2.75, 3.05) is 6.54 Å². The number of para-hydroxylation sites is 1. The van der Waals surface area contributed by atoms with E-state index in [2.05, 4.69) is 15.0 Å². The molecule has 6 nitrogen and oxygen atoms in total. The van der Waals surface area contributed by atoms with Gasteiger partial charge in [-0.25, -0.2) is 23.7 Å². The van der Waals surface area contributed by atoms with Gasteiger partial charge in [0.1, 0.15) is 15.9 Å². The fraction of sp³-hybridized carbons (Fsp3) is 0.222. The van der Waals surface area contributed by atoms with E-state index in [1.807, 2.05) is 24.3 Å². The van der Waals surface area contributed by atoms with Gasteiger partial charge in [0.15, 0.2) is 5.01 Å². The summed E-state index contributed by atoms with van der Waals surface area (Å²) in [7, 11) is 0. The van der Waals surface area contributed by atoms with Crippen LogP contribution < -0.4 is 0 Å². The molecule has 0 fully saturated rings. The van der Waals surface area contributed by atoms with Crippen LogP contribution in [0.4, 0.5) is 8.78 Å². The van der Waals surface area contributed by atoms with Crippen molar-refractivity contribution in [3.8, 4) is 0 Å². The van der Waals surface area contributed by atoms with Crippen molar-refractivity contribution < 1.29 is 13.6 Å². The summed E-state index contributed by atoms with van der Waals surface area (Å²) >= 11 is 2.24. The maximum atomic E-state index is 13.2. The Morgan fingerprint density at radius 1 is 1.25 bits per heavy atom. The quantitative estimate of drug-likeness (QED) is 0.542. The first-order valence-corrected chi connectivity index (χ1v) is 10.2. The number of carbonyl (C=O) groups excluding carboxylic acids is 1. The fourth-order valence-corrected chi connectivity index (χ4v) is 5.20. The molecule has 0 aliphatic carbocycles. The molecule has 0 radical (unpaired) electrons. The summed E-state index contributed by atoms with van der Waals surface area (Å²) in [6, 6.07) is 7.30. The molecule has 1 amide bonds. The molecule has 3 aromatic heterocycles. The molecule has 0 saturated heterocycles. The van der Waals surface area contributed by atoms with Gasteiger partial charge < -0.3 is 9.88 Å². The highest BCUT2D eigenvalue weighted by Crippen LogP contribution is 2.38. The number of alkyl halides is 2. The van der Waals surface area contributed by atoms with E-state index in [0.29, 0.717) is 13.0 Å². The Labute approximate surface area is 165 Å². The normalized spacial score (nSPS) is 16.7. The minimum Gasteiger partial charge on any atom is -0.348 e. The zero-order valence-corrected chi connectivity index (χ0v) is 15.9. The number of H-pyrrole nitrogens is 1. The Bertz CT molecular complexity index is 1130. The summed E-state index contributed by atoms with van der Waals surface area (Å²) in [5, 5.41) is 0.401. The van der Waals surface area contributed by atoms with Gasteiger partial charge in [-0.2, -0.15) is 0 Å². The number of nitrogens with zero attached hydrogens (tertiary/aromatic N) is 4. The number of halogens is 2. The molecule has 4 aromatic rings. The van der Waals surface area contributed by atoms with Gasteiger partial charge in [-0.3, -0.25) is 4.79 Å². The highest BCUT2D eigenvalue weighted by Gasteiger charge is 2.37. The molecule has 0 spiro atoms. The fourth-order valence-electron chi connectivity index (χ4n) is 3.38. The Kier molecular flexibility index (Phi) is 4.17. The Balaban J connectivity index is 1.58. The number of fused-ring (bicyclic) bond motifs is 2. The number of aromatic amines is 1. The van der Waals surface area contributed by atoms with E-state index in [0.717, 1.165) is 37.9 Å². The van der Waals surface area contributed by atoms with Crippen molar-refractivity contribution in [2.45, 2.75) is 18.9 Å². The second-order valence-corrected chi connectivity index (χ2v) is 8.43. The molecule has 5 rings (SSSR count). The molecule has 10 heteroatoms. The third kappa shape index (κ3) is 2.80.